The molecule has 3 rings (SSSR count). The average Bonchev–Trinajstić information content (AvgIpc) is 3.16. The first-order valence-electron chi connectivity index (χ1n) is 8.09. The Labute approximate surface area is 141 Å². The van der Waals surface area contributed by atoms with E-state index in [9.17, 15) is 5.11 Å². The lowest BCUT2D eigenvalue weighted by molar-refractivity contribution is 0.216. The molecule has 1 saturated heterocycles. The molecule has 0 spiro atoms. The zero-order valence-electron chi connectivity index (χ0n) is 13.7. The van der Waals surface area contributed by atoms with Crippen LogP contribution in [0.15, 0.2) is 17.6 Å². The number of pyridine rings is 1. The molecule has 0 aliphatic carbocycles. The number of hydrogen-bond acceptors (Lipinski definition) is 6. The van der Waals surface area contributed by atoms with Crippen LogP contribution in [0.5, 0.6) is 5.75 Å². The summed E-state index contributed by atoms with van der Waals surface area (Å²) in [6.45, 7) is 8.74. The van der Waals surface area contributed by atoms with E-state index in [1.54, 1.807) is 17.4 Å². The van der Waals surface area contributed by atoms with Crippen LogP contribution in [0.2, 0.25) is 0 Å². The Kier molecular flexibility index (Phi) is 5.25. The van der Waals surface area contributed by atoms with E-state index in [0.717, 1.165) is 43.3 Å². The number of nitrogens with one attached hydrogen (secondary N) is 1. The summed E-state index contributed by atoms with van der Waals surface area (Å²) in [4.78, 5) is 12.6. The second-order valence-corrected chi connectivity index (χ2v) is 7.25. The number of hydrogen-bond donors (Lipinski definition) is 2. The number of aromatic hydroxyl groups is 1. The van der Waals surface area contributed by atoms with Crippen molar-refractivity contribution in [1.29, 1.82) is 0 Å². The summed E-state index contributed by atoms with van der Waals surface area (Å²) in [7, 11) is 0. The molecule has 1 atom stereocenters. The van der Waals surface area contributed by atoms with Gasteiger partial charge in [-0.1, -0.05) is 0 Å². The van der Waals surface area contributed by atoms with Gasteiger partial charge >= 0.3 is 0 Å². The Morgan fingerprint density at radius 3 is 2.91 bits per heavy atom. The quantitative estimate of drug-likeness (QED) is 0.851. The molecule has 23 heavy (non-hydrogen) atoms. The summed E-state index contributed by atoms with van der Waals surface area (Å²) in [5, 5.41) is 13.5. The van der Waals surface area contributed by atoms with Gasteiger partial charge in [-0.2, -0.15) is 0 Å². The Bertz CT molecular complexity index is 652. The van der Waals surface area contributed by atoms with Crippen molar-refractivity contribution in [1.82, 2.24) is 20.2 Å². The van der Waals surface area contributed by atoms with Gasteiger partial charge in [0.25, 0.3) is 0 Å². The van der Waals surface area contributed by atoms with Crippen molar-refractivity contribution in [3.05, 3.63) is 39.6 Å². The summed E-state index contributed by atoms with van der Waals surface area (Å²) in [5.41, 5.74) is 4.71. The molecular weight excluding hydrogens is 308 g/mol. The highest BCUT2D eigenvalue weighted by atomic mass is 32.1. The standard InChI is InChI=1S/C17H24N4OS/c1-12-3-4-16(22)15(20-12)9-21(8-14-5-6-18-7-14)10-17-13(2)19-11-23-17/h3-4,11,14,18,22H,5-10H2,1-2H3. The third kappa shape index (κ3) is 4.28. The molecule has 1 unspecified atom stereocenters. The summed E-state index contributed by atoms with van der Waals surface area (Å²) >= 11 is 1.70. The Balaban J connectivity index is 1.76. The van der Waals surface area contributed by atoms with Crippen LogP contribution in [0.3, 0.4) is 0 Å². The van der Waals surface area contributed by atoms with Gasteiger partial charge in [0.05, 0.1) is 16.9 Å². The van der Waals surface area contributed by atoms with Gasteiger partial charge in [-0.25, -0.2) is 4.98 Å². The van der Waals surface area contributed by atoms with E-state index in [0.29, 0.717) is 12.5 Å². The van der Waals surface area contributed by atoms with E-state index in [1.807, 2.05) is 18.5 Å². The highest BCUT2D eigenvalue weighted by molar-refractivity contribution is 7.09. The van der Waals surface area contributed by atoms with E-state index < -0.39 is 0 Å². The lowest BCUT2D eigenvalue weighted by Crippen LogP contribution is -2.30. The SMILES string of the molecule is Cc1ccc(O)c(CN(Cc2scnc2C)CC2CCNC2)n1. The van der Waals surface area contributed by atoms with Gasteiger partial charge in [0.1, 0.15) is 5.75 Å². The molecule has 3 heterocycles. The molecular formula is C17H24N4OS. The van der Waals surface area contributed by atoms with Crippen molar-refractivity contribution in [3.63, 3.8) is 0 Å². The largest absolute Gasteiger partial charge is 0.506 e. The number of nitrogens with zero attached hydrogens (tertiary/aromatic N) is 3. The van der Waals surface area contributed by atoms with Crippen molar-refractivity contribution < 1.29 is 5.11 Å². The molecule has 1 fully saturated rings. The highest BCUT2D eigenvalue weighted by Gasteiger charge is 2.21. The van der Waals surface area contributed by atoms with E-state index in [4.69, 9.17) is 0 Å². The number of rotatable bonds is 6. The molecule has 5 nitrogen and oxygen atoms in total. The van der Waals surface area contributed by atoms with Crippen molar-refractivity contribution in [3.8, 4) is 5.75 Å². The first kappa shape index (κ1) is 16.4. The Morgan fingerprint density at radius 2 is 2.22 bits per heavy atom. The smallest absolute Gasteiger partial charge is 0.138 e. The van der Waals surface area contributed by atoms with E-state index >= 15 is 0 Å². The molecule has 0 amide bonds. The first-order chi connectivity index (χ1) is 11.1. The molecule has 6 heteroatoms. The number of aromatic nitrogens is 2. The van der Waals surface area contributed by atoms with E-state index in [1.165, 1.54) is 11.3 Å². The molecule has 2 aromatic heterocycles. The first-order valence-corrected chi connectivity index (χ1v) is 8.97. The maximum absolute atomic E-state index is 10.1. The second-order valence-electron chi connectivity index (χ2n) is 6.31. The molecule has 0 saturated carbocycles. The monoisotopic (exact) mass is 332 g/mol. The molecule has 0 bridgehead atoms. The Hall–Kier alpha value is -1.50. The Morgan fingerprint density at radius 1 is 1.35 bits per heavy atom. The van der Waals surface area contributed by atoms with Crippen LogP contribution in [0.4, 0.5) is 0 Å². The van der Waals surface area contributed by atoms with Crippen LogP contribution in [0, 0.1) is 19.8 Å². The van der Waals surface area contributed by atoms with Crippen molar-refractivity contribution in [2.24, 2.45) is 5.92 Å². The minimum Gasteiger partial charge on any atom is -0.506 e. The number of aryl methyl sites for hydroxylation is 2. The van der Waals surface area contributed by atoms with Gasteiger partial charge in [-0.15, -0.1) is 11.3 Å². The summed E-state index contributed by atoms with van der Waals surface area (Å²) in [6.07, 6.45) is 1.21. The highest BCUT2D eigenvalue weighted by Crippen LogP contribution is 2.22. The van der Waals surface area contributed by atoms with E-state index in [2.05, 4.69) is 27.1 Å². The predicted molar refractivity (Wildman–Crippen MR) is 92.6 cm³/mol. The van der Waals surface area contributed by atoms with Crippen LogP contribution in [0.25, 0.3) is 0 Å². The average molecular weight is 332 g/mol. The summed E-state index contributed by atoms with van der Waals surface area (Å²) < 4.78 is 0. The second kappa shape index (κ2) is 7.38. The molecule has 2 N–H and O–H groups in total. The van der Waals surface area contributed by atoms with Crippen molar-refractivity contribution in [2.75, 3.05) is 19.6 Å². The van der Waals surface area contributed by atoms with Gasteiger partial charge in [0.15, 0.2) is 0 Å². The summed E-state index contributed by atoms with van der Waals surface area (Å²) in [5.74, 6) is 0.946. The van der Waals surface area contributed by atoms with Gasteiger partial charge in [-0.05, 0) is 51.4 Å². The minimum atomic E-state index is 0.283. The lowest BCUT2D eigenvalue weighted by Gasteiger charge is -2.25. The lowest BCUT2D eigenvalue weighted by atomic mass is 10.1. The van der Waals surface area contributed by atoms with Crippen LogP contribution in [-0.4, -0.2) is 39.6 Å². The zero-order valence-corrected chi connectivity index (χ0v) is 14.6. The zero-order chi connectivity index (χ0) is 16.2. The predicted octanol–water partition coefficient (Wildman–Crippen LogP) is 2.47. The summed E-state index contributed by atoms with van der Waals surface area (Å²) in [6, 6.07) is 3.59. The van der Waals surface area contributed by atoms with Crippen LogP contribution >= 0.6 is 11.3 Å². The maximum atomic E-state index is 10.1. The van der Waals surface area contributed by atoms with Gasteiger partial charge in [-0.3, -0.25) is 9.88 Å². The minimum absolute atomic E-state index is 0.283. The van der Waals surface area contributed by atoms with Crippen molar-refractivity contribution in [2.45, 2.75) is 33.4 Å². The third-order valence-electron chi connectivity index (χ3n) is 4.35. The van der Waals surface area contributed by atoms with Gasteiger partial charge in [0, 0.05) is 30.2 Å². The fraction of sp³-hybridized carbons (Fsp3) is 0.529. The van der Waals surface area contributed by atoms with Crippen molar-refractivity contribution >= 4 is 11.3 Å². The van der Waals surface area contributed by atoms with Crippen LogP contribution in [0.1, 0.15) is 28.4 Å². The third-order valence-corrected chi connectivity index (χ3v) is 5.27. The molecule has 0 aromatic carbocycles. The van der Waals surface area contributed by atoms with Crippen LogP contribution in [-0.2, 0) is 13.1 Å². The van der Waals surface area contributed by atoms with Gasteiger partial charge in [0.2, 0.25) is 0 Å². The fourth-order valence-corrected chi connectivity index (χ4v) is 3.85. The molecule has 2 aromatic rings. The fourth-order valence-electron chi connectivity index (χ4n) is 3.03. The molecule has 0 radical (unpaired) electrons. The van der Waals surface area contributed by atoms with E-state index in [-0.39, 0.29) is 5.75 Å². The maximum Gasteiger partial charge on any atom is 0.138 e. The number of thiazole rings is 1. The molecule has 124 valence electrons. The normalized spacial score (nSPS) is 18.0. The topological polar surface area (TPSA) is 61.3 Å². The molecule has 1 aliphatic heterocycles. The van der Waals surface area contributed by atoms with Gasteiger partial charge < -0.3 is 10.4 Å². The van der Waals surface area contributed by atoms with Crippen LogP contribution < -0.4 is 5.32 Å². The molecule has 1 aliphatic rings.